The van der Waals surface area contributed by atoms with Gasteiger partial charge in [0.2, 0.25) is 0 Å². The van der Waals surface area contributed by atoms with Gasteiger partial charge >= 0.3 is 0 Å². The molecule has 24 heavy (non-hydrogen) atoms. The van der Waals surface area contributed by atoms with Crippen LogP contribution in [0.15, 0.2) is 30.6 Å². The molecule has 2 unspecified atom stereocenters. The predicted molar refractivity (Wildman–Crippen MR) is 94.6 cm³/mol. The summed E-state index contributed by atoms with van der Waals surface area (Å²) in [6, 6.07) is 8.31. The van der Waals surface area contributed by atoms with Crippen LogP contribution in [0.1, 0.15) is 48.2 Å². The Bertz CT molecular complexity index is 791. The number of aromatic nitrogens is 2. The Hall–Kier alpha value is -2.45. The molecule has 2 aromatic heterocycles. The summed E-state index contributed by atoms with van der Waals surface area (Å²) in [4.78, 5) is 10.7. The Morgan fingerprint density at radius 3 is 2.75 bits per heavy atom. The minimum Gasteiger partial charge on any atom is -0.351 e. The Morgan fingerprint density at radius 2 is 2.04 bits per heavy atom. The molecule has 0 radical (unpaired) electrons. The fraction of sp³-hybridized carbons (Fsp3) is 0.421. The largest absolute Gasteiger partial charge is 0.351 e. The van der Waals surface area contributed by atoms with Crippen LogP contribution in [0.5, 0.6) is 0 Å². The number of hydrogen-bond acceptors (Lipinski definition) is 5. The third-order valence-electron chi connectivity index (χ3n) is 4.99. The summed E-state index contributed by atoms with van der Waals surface area (Å²) in [5.74, 6) is 0.180. The molecule has 0 amide bonds. The highest BCUT2D eigenvalue weighted by molar-refractivity contribution is 5.63. The van der Waals surface area contributed by atoms with Gasteiger partial charge in [-0.2, -0.15) is 5.26 Å². The topological polar surface area (TPSA) is 78.8 Å². The van der Waals surface area contributed by atoms with Gasteiger partial charge in [-0.1, -0.05) is 0 Å². The maximum atomic E-state index is 9.47. The Morgan fingerprint density at radius 1 is 1.29 bits per heavy atom. The van der Waals surface area contributed by atoms with E-state index in [-0.39, 0.29) is 5.92 Å². The first-order chi connectivity index (χ1) is 11.4. The third kappa shape index (κ3) is 2.74. The molecule has 2 atom stereocenters. The van der Waals surface area contributed by atoms with Gasteiger partial charge in [0.05, 0.1) is 11.4 Å². The molecular weight excluding hydrogens is 298 g/mol. The first-order valence-electron chi connectivity index (χ1n) is 8.30. The number of rotatable bonds is 2. The number of nitrogens with zero attached hydrogens (tertiary/aromatic N) is 4. The van der Waals surface area contributed by atoms with Gasteiger partial charge < -0.3 is 10.6 Å². The average Bonchev–Trinajstić information content (AvgIpc) is 2.54. The maximum absolute atomic E-state index is 9.47. The Labute approximate surface area is 143 Å². The van der Waals surface area contributed by atoms with Crippen LogP contribution in [0.3, 0.4) is 0 Å². The van der Waals surface area contributed by atoms with Gasteiger partial charge in [0.15, 0.2) is 5.69 Å². The van der Waals surface area contributed by atoms with Crippen LogP contribution >= 0.6 is 0 Å². The lowest BCUT2D eigenvalue weighted by atomic mass is 9.79. The zero-order chi connectivity index (χ0) is 17.3. The highest BCUT2D eigenvalue weighted by Crippen LogP contribution is 2.41. The summed E-state index contributed by atoms with van der Waals surface area (Å²) >= 11 is 0. The molecule has 1 aliphatic rings. The molecule has 3 rings (SSSR count). The highest BCUT2D eigenvalue weighted by Gasteiger charge is 2.41. The molecule has 2 aromatic rings. The van der Waals surface area contributed by atoms with Crippen molar-refractivity contribution in [1.82, 2.24) is 9.97 Å². The van der Waals surface area contributed by atoms with Crippen LogP contribution in [0, 0.1) is 25.2 Å². The predicted octanol–water partition coefficient (Wildman–Crippen LogP) is 3.02. The summed E-state index contributed by atoms with van der Waals surface area (Å²) in [5, 5.41) is 9.47. The van der Waals surface area contributed by atoms with Gasteiger partial charge in [0.1, 0.15) is 6.07 Å². The van der Waals surface area contributed by atoms with E-state index in [9.17, 15) is 5.26 Å². The summed E-state index contributed by atoms with van der Waals surface area (Å²) in [7, 11) is 0. The first-order valence-corrected chi connectivity index (χ1v) is 8.30. The summed E-state index contributed by atoms with van der Waals surface area (Å²) in [5.41, 5.74) is 10.8. The van der Waals surface area contributed by atoms with Crippen LogP contribution in [0.4, 0.5) is 5.69 Å². The molecule has 1 fully saturated rings. The van der Waals surface area contributed by atoms with E-state index in [2.05, 4.69) is 33.9 Å². The van der Waals surface area contributed by atoms with Gasteiger partial charge in [-0.05, 0) is 62.9 Å². The van der Waals surface area contributed by atoms with Gasteiger partial charge in [-0.3, -0.25) is 4.98 Å². The second kappa shape index (κ2) is 6.21. The van der Waals surface area contributed by atoms with Crippen molar-refractivity contribution in [3.63, 3.8) is 0 Å². The fourth-order valence-corrected chi connectivity index (χ4v) is 3.79. The Balaban J connectivity index is 2.07. The van der Waals surface area contributed by atoms with Gasteiger partial charge in [0.25, 0.3) is 0 Å². The summed E-state index contributed by atoms with van der Waals surface area (Å²) in [6.07, 6.45) is 5.57. The average molecular weight is 321 g/mol. The van der Waals surface area contributed by atoms with Crippen molar-refractivity contribution >= 4 is 5.69 Å². The van der Waals surface area contributed by atoms with E-state index in [4.69, 9.17) is 5.73 Å². The molecule has 1 saturated heterocycles. The zero-order valence-corrected chi connectivity index (χ0v) is 14.5. The molecule has 1 aliphatic heterocycles. The lowest BCUT2D eigenvalue weighted by Crippen LogP contribution is -2.61. The van der Waals surface area contributed by atoms with Crippen molar-refractivity contribution in [3.05, 3.63) is 53.1 Å². The first kappa shape index (κ1) is 16.4. The monoisotopic (exact) mass is 321 g/mol. The molecule has 0 aliphatic carbocycles. The number of aryl methyl sites for hydroxylation is 2. The maximum Gasteiger partial charge on any atom is 0.164 e. The number of anilines is 1. The van der Waals surface area contributed by atoms with Crippen molar-refractivity contribution in [2.75, 3.05) is 11.4 Å². The van der Waals surface area contributed by atoms with Crippen molar-refractivity contribution < 1.29 is 0 Å². The second-order valence-corrected chi connectivity index (χ2v) is 6.74. The number of nitrogens with two attached hydrogens (primary N) is 1. The molecule has 5 nitrogen and oxygen atoms in total. The van der Waals surface area contributed by atoms with Crippen LogP contribution in [0.2, 0.25) is 0 Å². The zero-order valence-electron chi connectivity index (χ0n) is 14.5. The van der Waals surface area contributed by atoms with E-state index in [1.807, 2.05) is 32.2 Å². The molecule has 0 saturated carbocycles. The van der Waals surface area contributed by atoms with E-state index in [0.717, 1.165) is 36.3 Å². The fourth-order valence-electron chi connectivity index (χ4n) is 3.79. The van der Waals surface area contributed by atoms with Gasteiger partial charge in [-0.15, -0.1) is 0 Å². The minimum absolute atomic E-state index is 0.180. The number of pyridine rings is 2. The van der Waals surface area contributed by atoms with E-state index in [0.29, 0.717) is 5.69 Å². The number of nitriles is 1. The Kier molecular flexibility index (Phi) is 4.25. The molecular formula is C19H23N5. The SMILES string of the molecule is Cc1cc(C2CCCN(c3c(C)ccnc3C#N)C2(C)N)ccn1. The van der Waals surface area contributed by atoms with Gasteiger partial charge in [-0.25, -0.2) is 4.98 Å². The van der Waals surface area contributed by atoms with Crippen LogP contribution in [-0.2, 0) is 0 Å². The molecule has 5 heteroatoms. The summed E-state index contributed by atoms with van der Waals surface area (Å²) < 4.78 is 0. The van der Waals surface area contributed by atoms with Gasteiger partial charge in [0, 0.05) is 30.6 Å². The van der Waals surface area contributed by atoms with E-state index in [1.165, 1.54) is 5.56 Å². The second-order valence-electron chi connectivity index (χ2n) is 6.74. The molecule has 0 spiro atoms. The smallest absolute Gasteiger partial charge is 0.164 e. The van der Waals surface area contributed by atoms with E-state index in [1.54, 1.807) is 6.20 Å². The molecule has 0 bridgehead atoms. The molecule has 0 aromatic carbocycles. The lowest BCUT2D eigenvalue weighted by molar-refractivity contribution is 0.292. The minimum atomic E-state index is -0.592. The third-order valence-corrected chi connectivity index (χ3v) is 4.99. The van der Waals surface area contributed by atoms with E-state index < -0.39 is 5.66 Å². The standard InChI is InChI=1S/C19H23N5/c1-13-6-8-23-17(12-20)18(13)24-10-4-5-16(19(24,3)21)15-7-9-22-14(2)11-15/h6-9,11,16H,4-5,10,21H2,1-3H3. The molecule has 2 N–H and O–H groups in total. The summed E-state index contributed by atoms with van der Waals surface area (Å²) in [6.45, 7) is 6.89. The molecule has 124 valence electrons. The van der Waals surface area contributed by atoms with Crippen molar-refractivity contribution in [1.29, 1.82) is 5.26 Å². The van der Waals surface area contributed by atoms with Crippen molar-refractivity contribution in [2.45, 2.75) is 45.2 Å². The van der Waals surface area contributed by atoms with Crippen LogP contribution < -0.4 is 10.6 Å². The van der Waals surface area contributed by atoms with Crippen LogP contribution in [-0.4, -0.2) is 22.2 Å². The number of piperidine rings is 1. The highest BCUT2D eigenvalue weighted by atomic mass is 15.3. The van der Waals surface area contributed by atoms with E-state index >= 15 is 0 Å². The van der Waals surface area contributed by atoms with Crippen LogP contribution in [0.25, 0.3) is 0 Å². The van der Waals surface area contributed by atoms with Crippen molar-refractivity contribution in [2.24, 2.45) is 5.73 Å². The molecule has 3 heterocycles. The van der Waals surface area contributed by atoms with Crippen molar-refractivity contribution in [3.8, 4) is 6.07 Å². The number of hydrogen-bond donors (Lipinski definition) is 1. The normalized spacial score (nSPS) is 23.8. The lowest BCUT2D eigenvalue weighted by Gasteiger charge is -2.49. The quantitative estimate of drug-likeness (QED) is 0.920.